The monoisotopic (exact) mass is 638 g/mol. The first-order valence-corrected chi connectivity index (χ1v) is 15.4. The molecule has 0 aliphatic heterocycles. The Balaban J connectivity index is 1.39. The second-order valence-corrected chi connectivity index (χ2v) is 11.4. The molecule has 0 unspecified atom stereocenters. The smallest absolute Gasteiger partial charge is 0.166 e. The number of para-hydroxylation sites is 2. The lowest BCUT2D eigenvalue weighted by Gasteiger charge is -2.16. The van der Waals surface area contributed by atoms with Crippen LogP contribution in [0.4, 0.5) is 0 Å². The van der Waals surface area contributed by atoms with Crippen LogP contribution in [0.3, 0.4) is 0 Å². The predicted octanol–water partition coefficient (Wildman–Crippen LogP) is 11.4. The van der Waals surface area contributed by atoms with Crippen molar-refractivity contribution in [3.8, 4) is 39.9 Å². The third-order valence-electron chi connectivity index (χ3n) is 8.51. The van der Waals surface area contributed by atoms with E-state index in [1.54, 1.807) is 0 Å². The molecule has 0 N–H and O–H groups in total. The van der Waals surface area contributed by atoms with E-state index in [0.717, 1.165) is 32.6 Å². The zero-order chi connectivity index (χ0) is 44.5. The second kappa shape index (κ2) is 11.0. The van der Waals surface area contributed by atoms with Gasteiger partial charge < -0.3 is 4.57 Å². The predicted molar refractivity (Wildman–Crippen MR) is 203 cm³/mol. The van der Waals surface area contributed by atoms with Crippen LogP contribution in [0.5, 0.6) is 0 Å². The van der Waals surface area contributed by atoms with E-state index < -0.39 is 107 Å². The van der Waals surface area contributed by atoms with Crippen molar-refractivity contribution in [1.82, 2.24) is 19.5 Å². The fourth-order valence-corrected chi connectivity index (χ4v) is 6.28. The van der Waals surface area contributed by atoms with Gasteiger partial charge in [-0.05, 0) is 68.7 Å². The van der Waals surface area contributed by atoms with Crippen LogP contribution < -0.4 is 0 Å². The summed E-state index contributed by atoms with van der Waals surface area (Å²) in [5.41, 5.74) is 1.80. The lowest BCUT2D eigenvalue weighted by molar-refractivity contribution is 1.07. The molecular formula is C45H28N4. The zero-order valence-electron chi connectivity index (χ0n) is 39.4. The second-order valence-electron chi connectivity index (χ2n) is 11.4. The molecule has 2 heterocycles. The average Bonchev–Trinajstić information content (AvgIpc) is 3.62. The number of aromatic nitrogens is 4. The Morgan fingerprint density at radius 1 is 0.429 bits per heavy atom. The van der Waals surface area contributed by atoms with E-state index in [4.69, 9.17) is 23.7 Å². The Labute approximate surface area is 302 Å². The van der Waals surface area contributed by atoms with Crippen molar-refractivity contribution in [3.05, 3.63) is 170 Å². The molecule has 0 aliphatic rings. The summed E-state index contributed by atoms with van der Waals surface area (Å²) in [4.78, 5) is 14.3. The van der Waals surface area contributed by atoms with Gasteiger partial charge in [-0.25, -0.2) is 15.0 Å². The fraction of sp³-hybridized carbons (Fsp3) is 0. The third kappa shape index (κ3) is 4.57. The molecule has 8 aromatic carbocycles. The SMILES string of the molecule is [2H]c1c([2H])c([2H])c2c([2H])c(-c3nc(-c4cc5ccccc5cc4-n4c5ccccc5c5ccccc54)nc(-c4c([2H])c([2H])c5c([2H])c([2H])c([2H])c([2H])c5c4[2H])n3)c([2H])c([2H])c2c1[2H]. The first-order valence-electron chi connectivity index (χ1n) is 22.4. The molecule has 10 aromatic rings. The van der Waals surface area contributed by atoms with Gasteiger partial charge >= 0.3 is 0 Å². The molecule has 10 rings (SSSR count). The van der Waals surface area contributed by atoms with Crippen LogP contribution in [-0.2, 0) is 0 Å². The summed E-state index contributed by atoms with van der Waals surface area (Å²) in [6.45, 7) is 0. The molecule has 0 spiro atoms. The highest BCUT2D eigenvalue weighted by Crippen LogP contribution is 2.38. The number of hydrogen-bond acceptors (Lipinski definition) is 3. The number of nitrogens with zero attached hydrogens (tertiary/aromatic N) is 4. The highest BCUT2D eigenvalue weighted by atomic mass is 15.1. The van der Waals surface area contributed by atoms with Crippen LogP contribution >= 0.6 is 0 Å². The molecule has 4 heteroatoms. The summed E-state index contributed by atoms with van der Waals surface area (Å²) in [7, 11) is 0. The Kier molecular flexibility index (Phi) is 3.79. The Morgan fingerprint density at radius 2 is 0.898 bits per heavy atom. The van der Waals surface area contributed by atoms with Crippen LogP contribution in [0.15, 0.2) is 170 Å². The summed E-state index contributed by atoms with van der Waals surface area (Å²) in [5.74, 6) is -0.942. The van der Waals surface area contributed by atoms with Gasteiger partial charge in [-0.3, -0.25) is 0 Å². The maximum Gasteiger partial charge on any atom is 0.166 e. The summed E-state index contributed by atoms with van der Waals surface area (Å²) >= 11 is 0. The number of benzene rings is 8. The van der Waals surface area contributed by atoms with Crippen molar-refractivity contribution in [2.45, 2.75) is 0 Å². The van der Waals surface area contributed by atoms with Gasteiger partial charge in [-0.1, -0.05) is 133 Å². The molecule has 0 bridgehead atoms. The molecule has 0 aliphatic carbocycles. The van der Waals surface area contributed by atoms with Crippen molar-refractivity contribution in [2.75, 3.05) is 0 Å². The van der Waals surface area contributed by atoms with Gasteiger partial charge in [0, 0.05) is 27.5 Å². The van der Waals surface area contributed by atoms with Crippen LogP contribution in [0.2, 0.25) is 0 Å². The van der Waals surface area contributed by atoms with E-state index in [2.05, 4.69) is 4.98 Å². The quantitative estimate of drug-likeness (QED) is 0.193. The van der Waals surface area contributed by atoms with Crippen LogP contribution in [-0.4, -0.2) is 19.5 Å². The molecule has 228 valence electrons. The minimum atomic E-state index is -0.658. The fourth-order valence-electron chi connectivity index (χ4n) is 6.28. The van der Waals surface area contributed by atoms with E-state index in [9.17, 15) is 5.48 Å². The average molecular weight is 639 g/mol. The van der Waals surface area contributed by atoms with Crippen LogP contribution in [0.25, 0.3) is 94.0 Å². The normalized spacial score (nSPS) is 15.7. The summed E-state index contributed by atoms with van der Waals surface area (Å²) in [6.07, 6.45) is 0. The van der Waals surface area contributed by atoms with Crippen molar-refractivity contribution < 1.29 is 19.2 Å². The topological polar surface area (TPSA) is 43.6 Å². The van der Waals surface area contributed by atoms with Crippen molar-refractivity contribution in [3.63, 3.8) is 0 Å². The molecule has 0 fully saturated rings. The molecule has 0 atom stereocenters. The van der Waals surface area contributed by atoms with Gasteiger partial charge in [0.15, 0.2) is 17.5 Å². The highest BCUT2D eigenvalue weighted by molar-refractivity contribution is 6.10. The van der Waals surface area contributed by atoms with Gasteiger partial charge in [0.2, 0.25) is 0 Å². The van der Waals surface area contributed by atoms with Gasteiger partial charge in [0.25, 0.3) is 0 Å². The maximum atomic E-state index is 9.39. The minimum absolute atomic E-state index is 0.0987. The van der Waals surface area contributed by atoms with E-state index in [1.807, 2.05) is 89.5 Å². The molecular weight excluding hydrogens is 597 g/mol. The number of rotatable bonds is 4. The lowest BCUT2D eigenvalue weighted by atomic mass is 10.0. The molecule has 0 saturated heterocycles. The standard InChI is InChI=1S/C45H28N4/c1-3-13-31-25-35(23-21-29(31)11-1)43-46-44(36-24-22-30-12-2-4-14-32(30)26-36)48-45(47-43)39-27-33-15-5-6-16-34(33)28-42(39)49-40-19-9-7-17-37(40)38-18-8-10-20-41(38)49/h1-28H/i1D,2D,3D,4D,11D,12D,13D,14D,21D,22D,23D,24D,25D,26D. The molecule has 49 heavy (non-hydrogen) atoms. The molecule has 0 radical (unpaired) electrons. The van der Waals surface area contributed by atoms with Gasteiger partial charge in [0.05, 0.1) is 35.9 Å². The van der Waals surface area contributed by atoms with Crippen molar-refractivity contribution in [2.24, 2.45) is 0 Å². The van der Waals surface area contributed by atoms with Crippen LogP contribution in [0.1, 0.15) is 19.2 Å². The summed E-state index contributed by atoms with van der Waals surface area (Å²) in [5, 5.41) is 2.11. The van der Waals surface area contributed by atoms with Gasteiger partial charge in [-0.2, -0.15) is 0 Å². The zero-order valence-corrected chi connectivity index (χ0v) is 25.4. The Bertz CT molecular complexity index is 3510. The maximum absolute atomic E-state index is 9.39. The van der Waals surface area contributed by atoms with Crippen molar-refractivity contribution in [1.29, 1.82) is 0 Å². The number of fused-ring (bicyclic) bond motifs is 6. The molecule has 0 amide bonds. The van der Waals surface area contributed by atoms with E-state index in [1.165, 1.54) is 0 Å². The molecule has 2 aromatic heterocycles. The van der Waals surface area contributed by atoms with Crippen molar-refractivity contribution >= 4 is 54.1 Å². The Hall–Kier alpha value is -6.65. The number of hydrogen-bond donors (Lipinski definition) is 0. The molecule has 4 nitrogen and oxygen atoms in total. The lowest BCUT2D eigenvalue weighted by Crippen LogP contribution is -2.04. The van der Waals surface area contributed by atoms with Gasteiger partial charge in [-0.15, -0.1) is 0 Å². The first kappa shape index (κ1) is 17.0. The Morgan fingerprint density at radius 3 is 1.47 bits per heavy atom. The summed E-state index contributed by atoms with van der Waals surface area (Å²) in [6, 6.07) is 18.3. The van der Waals surface area contributed by atoms with E-state index >= 15 is 0 Å². The van der Waals surface area contributed by atoms with Crippen LogP contribution in [0, 0.1) is 0 Å². The van der Waals surface area contributed by atoms with E-state index in [0.29, 0.717) is 11.3 Å². The van der Waals surface area contributed by atoms with E-state index in [-0.39, 0.29) is 27.4 Å². The first-order chi connectivity index (χ1) is 30.1. The third-order valence-corrected chi connectivity index (χ3v) is 8.51. The highest BCUT2D eigenvalue weighted by Gasteiger charge is 2.20. The molecule has 0 saturated carbocycles. The van der Waals surface area contributed by atoms with Gasteiger partial charge in [0.1, 0.15) is 0 Å². The minimum Gasteiger partial charge on any atom is -0.308 e. The largest absolute Gasteiger partial charge is 0.308 e. The summed E-state index contributed by atoms with van der Waals surface area (Å²) < 4.78 is 125.